The average Bonchev–Trinajstić information content (AvgIpc) is 3.32. The van der Waals surface area contributed by atoms with Crippen LogP contribution in [0.15, 0.2) is 60.8 Å². The van der Waals surface area contributed by atoms with Crippen molar-refractivity contribution in [3.63, 3.8) is 0 Å². The number of phosphoric acid groups is 1. The van der Waals surface area contributed by atoms with Gasteiger partial charge in [-0.1, -0.05) is 197 Å². The van der Waals surface area contributed by atoms with Gasteiger partial charge in [0.1, 0.15) is 12.7 Å². The molecule has 0 aromatic carbocycles. The van der Waals surface area contributed by atoms with Gasteiger partial charge in [-0.15, -0.1) is 0 Å². The van der Waals surface area contributed by atoms with Gasteiger partial charge in [0.25, 0.3) is 0 Å². The van der Waals surface area contributed by atoms with Gasteiger partial charge in [-0.3, -0.25) is 23.4 Å². The van der Waals surface area contributed by atoms with Crippen molar-refractivity contribution in [3.05, 3.63) is 60.8 Å². The second-order valence-corrected chi connectivity index (χ2v) is 19.5. The highest BCUT2D eigenvalue weighted by Crippen LogP contribution is 2.43. The molecule has 0 aliphatic heterocycles. The van der Waals surface area contributed by atoms with E-state index in [4.69, 9.17) is 23.3 Å². The zero-order valence-corrected chi connectivity index (χ0v) is 44.2. The first kappa shape index (κ1) is 65.2. The third-order valence-electron chi connectivity index (χ3n) is 11.4. The lowest BCUT2D eigenvalue weighted by atomic mass is 10.1. The summed E-state index contributed by atoms with van der Waals surface area (Å²) >= 11 is 0. The number of hydrogen-bond donors (Lipinski definition) is 2. The van der Waals surface area contributed by atoms with E-state index in [1.165, 1.54) is 57.8 Å². The quantitative estimate of drug-likeness (QED) is 0.0197. The first-order valence-electron chi connectivity index (χ1n) is 27.2. The number of aliphatic hydroxyl groups excluding tert-OH is 1. The van der Waals surface area contributed by atoms with Gasteiger partial charge < -0.3 is 24.2 Å². The van der Waals surface area contributed by atoms with Crippen molar-refractivity contribution in [2.75, 3.05) is 26.4 Å². The Labute approximate surface area is 415 Å². The Kier molecular flexibility index (Phi) is 48.5. The van der Waals surface area contributed by atoms with Crippen LogP contribution in [0.4, 0.5) is 0 Å². The van der Waals surface area contributed by atoms with Crippen LogP contribution in [0.2, 0.25) is 0 Å². The minimum absolute atomic E-state index is 0.156. The second kappa shape index (κ2) is 50.6. The summed E-state index contributed by atoms with van der Waals surface area (Å²) in [6.45, 7) is 4.46. The maximum atomic E-state index is 12.9. The molecule has 0 bridgehead atoms. The summed E-state index contributed by atoms with van der Waals surface area (Å²) in [7, 11) is -4.75. The summed E-state index contributed by atoms with van der Waals surface area (Å²) in [4.78, 5) is 48.3. The molecule has 0 saturated carbocycles. The lowest BCUT2D eigenvalue weighted by Gasteiger charge is -2.21. The average molecular weight is 979 g/mol. The predicted molar refractivity (Wildman–Crippen MR) is 279 cm³/mol. The Morgan fingerprint density at radius 3 is 1.21 bits per heavy atom. The lowest BCUT2D eigenvalue weighted by Crippen LogP contribution is -2.30. The van der Waals surface area contributed by atoms with Gasteiger partial charge in [0.15, 0.2) is 6.10 Å². The molecule has 11 nitrogen and oxygen atoms in total. The molecule has 394 valence electrons. The number of esters is 3. The molecule has 2 N–H and O–H groups in total. The van der Waals surface area contributed by atoms with Crippen LogP contribution >= 0.6 is 7.82 Å². The van der Waals surface area contributed by atoms with E-state index in [1.54, 1.807) is 0 Å². The molecule has 0 rings (SSSR count). The zero-order valence-electron chi connectivity index (χ0n) is 43.3. The van der Waals surface area contributed by atoms with Crippen LogP contribution < -0.4 is 0 Å². The topological polar surface area (TPSA) is 155 Å². The highest BCUT2D eigenvalue weighted by molar-refractivity contribution is 7.47. The Morgan fingerprint density at radius 1 is 0.426 bits per heavy atom. The molecule has 0 aliphatic rings. The lowest BCUT2D eigenvalue weighted by molar-refractivity contribution is -0.161. The number of aliphatic hydroxyl groups is 1. The van der Waals surface area contributed by atoms with Crippen molar-refractivity contribution >= 4 is 25.7 Å². The highest BCUT2D eigenvalue weighted by Gasteiger charge is 2.28. The highest BCUT2D eigenvalue weighted by atomic mass is 31.2. The monoisotopic (exact) mass is 979 g/mol. The Balaban J connectivity index is 4.68. The minimum atomic E-state index is -4.75. The molecule has 12 heteroatoms. The van der Waals surface area contributed by atoms with Gasteiger partial charge in [-0.2, -0.15) is 0 Å². The van der Waals surface area contributed by atoms with E-state index in [-0.39, 0.29) is 25.9 Å². The van der Waals surface area contributed by atoms with E-state index in [0.29, 0.717) is 19.3 Å². The SMILES string of the molecule is CC/C=C\C/C=C\C/C=C\CCCCCCCCCC(=O)OC(COC(=O)CCCCCCCCCCC)COP(=O)(O)OCC(CO)OC(=O)CCCCCCC/C=C\C/C=C\CCCCC. The van der Waals surface area contributed by atoms with E-state index in [9.17, 15) is 28.9 Å². The Morgan fingerprint density at radius 2 is 0.765 bits per heavy atom. The molecule has 0 saturated heterocycles. The van der Waals surface area contributed by atoms with E-state index >= 15 is 0 Å². The Bertz CT molecular complexity index is 1370. The molecule has 3 atom stereocenters. The van der Waals surface area contributed by atoms with Crippen molar-refractivity contribution in [1.82, 2.24) is 0 Å². The first-order valence-corrected chi connectivity index (χ1v) is 28.7. The summed E-state index contributed by atoms with van der Waals surface area (Å²) in [5.41, 5.74) is 0. The van der Waals surface area contributed by atoms with Gasteiger partial charge in [-0.25, -0.2) is 4.57 Å². The largest absolute Gasteiger partial charge is 0.472 e. The maximum absolute atomic E-state index is 12.9. The van der Waals surface area contributed by atoms with Gasteiger partial charge in [0.2, 0.25) is 0 Å². The van der Waals surface area contributed by atoms with Crippen molar-refractivity contribution in [2.45, 2.75) is 251 Å². The summed E-state index contributed by atoms with van der Waals surface area (Å²) in [6.07, 6.45) is 53.3. The van der Waals surface area contributed by atoms with Gasteiger partial charge in [0, 0.05) is 19.3 Å². The number of hydrogen-bond acceptors (Lipinski definition) is 10. The molecule has 0 aliphatic carbocycles. The summed E-state index contributed by atoms with van der Waals surface area (Å²) < 4.78 is 39.4. The molecule has 68 heavy (non-hydrogen) atoms. The molecule has 0 radical (unpaired) electrons. The number of phosphoric ester groups is 1. The second-order valence-electron chi connectivity index (χ2n) is 18.0. The predicted octanol–water partition coefficient (Wildman–Crippen LogP) is 15.6. The molecule has 0 aromatic rings. The number of unbranched alkanes of at least 4 members (excludes halogenated alkanes) is 23. The van der Waals surface area contributed by atoms with E-state index in [0.717, 1.165) is 122 Å². The number of carbonyl (C=O) groups is 3. The molecule has 0 heterocycles. The fourth-order valence-electron chi connectivity index (χ4n) is 7.28. The fourth-order valence-corrected chi connectivity index (χ4v) is 8.07. The van der Waals surface area contributed by atoms with Gasteiger partial charge in [0.05, 0.1) is 19.8 Å². The fraction of sp³-hybridized carbons (Fsp3) is 0.768. The maximum Gasteiger partial charge on any atom is 0.472 e. The van der Waals surface area contributed by atoms with Crippen LogP contribution in [0.5, 0.6) is 0 Å². The van der Waals surface area contributed by atoms with E-state index in [1.807, 2.05) is 0 Å². The van der Waals surface area contributed by atoms with Crippen molar-refractivity contribution in [1.29, 1.82) is 0 Å². The third kappa shape index (κ3) is 48.2. The zero-order chi connectivity index (χ0) is 49.9. The van der Waals surface area contributed by atoms with Crippen LogP contribution in [0.1, 0.15) is 239 Å². The van der Waals surface area contributed by atoms with E-state index < -0.39 is 57.8 Å². The summed E-state index contributed by atoms with van der Waals surface area (Å²) in [6, 6.07) is 0. The number of rotatable bonds is 50. The van der Waals surface area contributed by atoms with Crippen LogP contribution in [0, 0.1) is 0 Å². The Hall–Kier alpha value is -2.82. The molecule has 3 unspecified atom stereocenters. The van der Waals surface area contributed by atoms with Crippen molar-refractivity contribution in [3.8, 4) is 0 Å². The van der Waals surface area contributed by atoms with Crippen LogP contribution in [0.3, 0.4) is 0 Å². The standard InChI is InChI=1S/C56H99O11P/c1-4-7-10-13-16-19-21-23-25-26-28-30-32-35-38-41-44-47-56(60)67-53(49-63-54(58)45-42-39-36-33-18-15-12-9-6-3)51-65-68(61,62)64-50-52(48-57)66-55(59)46-43-40-37-34-31-29-27-24-22-20-17-14-11-8-5-2/h7,10,16-17,19-20,23-25,27,52-53,57H,4-6,8-9,11-15,18,21-22,26,28-51H2,1-3H3,(H,61,62)/b10-7-,19-16-,20-17-,25-23-,27-24-. The molecule has 0 amide bonds. The van der Waals surface area contributed by atoms with Gasteiger partial charge in [-0.05, 0) is 83.5 Å². The molecular weight excluding hydrogens is 880 g/mol. The smallest absolute Gasteiger partial charge is 0.462 e. The number of ether oxygens (including phenoxy) is 3. The van der Waals surface area contributed by atoms with Gasteiger partial charge >= 0.3 is 25.7 Å². The third-order valence-corrected chi connectivity index (χ3v) is 12.4. The van der Waals surface area contributed by atoms with E-state index in [2.05, 4.69) is 81.5 Å². The van der Waals surface area contributed by atoms with Crippen LogP contribution in [-0.4, -0.2) is 66.5 Å². The molecule has 0 fully saturated rings. The first-order chi connectivity index (χ1) is 33.2. The van der Waals surface area contributed by atoms with Crippen molar-refractivity contribution < 1.29 is 52.2 Å². The van der Waals surface area contributed by atoms with Crippen molar-refractivity contribution in [2.24, 2.45) is 0 Å². The number of carbonyl (C=O) groups excluding carboxylic acids is 3. The summed E-state index contributed by atoms with van der Waals surface area (Å²) in [5.74, 6) is -1.49. The molecule has 0 spiro atoms. The van der Waals surface area contributed by atoms with Crippen LogP contribution in [-0.2, 0) is 42.2 Å². The van der Waals surface area contributed by atoms with Crippen LogP contribution in [0.25, 0.3) is 0 Å². The molecular formula is C56H99O11P. The minimum Gasteiger partial charge on any atom is -0.462 e. The molecule has 0 aromatic heterocycles. The summed E-state index contributed by atoms with van der Waals surface area (Å²) in [5, 5.41) is 9.78. The normalized spacial score (nSPS) is 13.9. The number of allylic oxidation sites excluding steroid dienone is 10.